The van der Waals surface area contributed by atoms with Gasteiger partial charge in [-0.15, -0.1) is 0 Å². The molecule has 1 heterocycles. The first-order valence-electron chi connectivity index (χ1n) is 6.59. The summed E-state index contributed by atoms with van der Waals surface area (Å²) in [6.45, 7) is 5.24. The van der Waals surface area contributed by atoms with Crippen molar-refractivity contribution in [2.45, 2.75) is 20.8 Å². The molecule has 0 fully saturated rings. The molecule has 2 aromatic rings. The summed E-state index contributed by atoms with van der Waals surface area (Å²) in [7, 11) is 0. The van der Waals surface area contributed by atoms with Gasteiger partial charge in [0.15, 0.2) is 5.78 Å². The predicted molar refractivity (Wildman–Crippen MR) is 82.8 cm³/mol. The fourth-order valence-corrected chi connectivity index (χ4v) is 1.89. The number of anilines is 2. The first kappa shape index (κ1) is 14.7. The first-order chi connectivity index (χ1) is 9.95. The van der Waals surface area contributed by atoms with Crippen LogP contribution >= 0.6 is 0 Å². The molecule has 0 bridgehead atoms. The van der Waals surface area contributed by atoms with E-state index < -0.39 is 0 Å². The van der Waals surface area contributed by atoms with Crippen molar-refractivity contribution < 1.29 is 9.59 Å². The summed E-state index contributed by atoms with van der Waals surface area (Å²) in [5, 5.41) is 5.45. The lowest BCUT2D eigenvalue weighted by molar-refractivity contribution is 0.101. The summed E-state index contributed by atoms with van der Waals surface area (Å²) in [5.74, 6) is -0.00708. The fourth-order valence-electron chi connectivity index (χ4n) is 1.89. The van der Waals surface area contributed by atoms with E-state index in [9.17, 15) is 9.59 Å². The molecule has 5 nitrogen and oxygen atoms in total. The lowest BCUT2D eigenvalue weighted by Crippen LogP contribution is -2.20. The van der Waals surface area contributed by atoms with Crippen molar-refractivity contribution in [3.8, 4) is 0 Å². The van der Waals surface area contributed by atoms with E-state index in [-0.39, 0.29) is 11.8 Å². The number of rotatable bonds is 3. The number of aryl methyl sites for hydroxylation is 2. The van der Waals surface area contributed by atoms with Crippen molar-refractivity contribution in [1.82, 2.24) is 4.98 Å². The Kier molecular flexibility index (Phi) is 4.33. The zero-order valence-corrected chi connectivity index (χ0v) is 12.2. The van der Waals surface area contributed by atoms with Crippen molar-refractivity contribution in [2.24, 2.45) is 0 Å². The molecule has 0 saturated heterocycles. The number of urea groups is 1. The highest BCUT2D eigenvalue weighted by molar-refractivity contribution is 6.00. The van der Waals surface area contributed by atoms with Gasteiger partial charge in [-0.05, 0) is 57.2 Å². The highest BCUT2D eigenvalue weighted by Gasteiger charge is 2.06. The molecule has 2 rings (SSSR count). The van der Waals surface area contributed by atoms with Gasteiger partial charge in [0.25, 0.3) is 0 Å². The van der Waals surface area contributed by atoms with E-state index >= 15 is 0 Å². The molecule has 2 amide bonds. The van der Waals surface area contributed by atoms with E-state index in [1.165, 1.54) is 6.92 Å². The number of nitrogens with one attached hydrogen (secondary N) is 2. The minimum Gasteiger partial charge on any atom is -0.308 e. The summed E-state index contributed by atoms with van der Waals surface area (Å²) in [6, 6.07) is 10.0. The summed E-state index contributed by atoms with van der Waals surface area (Å²) in [4.78, 5) is 27.4. The van der Waals surface area contributed by atoms with Crippen LogP contribution in [0.3, 0.4) is 0 Å². The largest absolute Gasteiger partial charge is 0.323 e. The third kappa shape index (κ3) is 3.89. The van der Waals surface area contributed by atoms with Crippen molar-refractivity contribution in [3.05, 3.63) is 53.3 Å². The minimum absolute atomic E-state index is 0.00708. The second-order valence-electron chi connectivity index (χ2n) is 4.80. The van der Waals surface area contributed by atoms with Crippen LogP contribution in [0.25, 0.3) is 0 Å². The summed E-state index contributed by atoms with van der Waals surface area (Å²) < 4.78 is 0. The van der Waals surface area contributed by atoms with Gasteiger partial charge in [-0.1, -0.05) is 0 Å². The normalized spacial score (nSPS) is 10.0. The zero-order chi connectivity index (χ0) is 15.4. The lowest BCUT2D eigenvalue weighted by atomic mass is 10.1. The number of nitrogens with zero attached hydrogens (tertiary/aromatic N) is 1. The van der Waals surface area contributed by atoms with Gasteiger partial charge in [0.2, 0.25) is 0 Å². The molecule has 0 radical (unpaired) electrons. The maximum Gasteiger partial charge on any atom is 0.323 e. The van der Waals surface area contributed by atoms with E-state index in [0.29, 0.717) is 16.9 Å². The maximum absolute atomic E-state index is 11.9. The number of hydrogen-bond donors (Lipinski definition) is 2. The number of Topliss-reactive ketones (excluding diaryl/α,β-unsaturated/α-hetero) is 1. The first-order valence-corrected chi connectivity index (χ1v) is 6.59. The number of ketones is 1. The van der Waals surface area contributed by atoms with E-state index in [0.717, 1.165) is 11.4 Å². The smallest absolute Gasteiger partial charge is 0.308 e. The Morgan fingerprint density at radius 2 is 1.62 bits per heavy atom. The topological polar surface area (TPSA) is 71.1 Å². The Balaban J connectivity index is 2.02. The predicted octanol–water partition coefficient (Wildman–Crippen LogP) is 3.55. The van der Waals surface area contributed by atoms with Gasteiger partial charge in [-0.2, -0.15) is 0 Å². The van der Waals surface area contributed by atoms with E-state index in [1.807, 2.05) is 26.0 Å². The molecule has 2 N–H and O–H groups in total. The van der Waals surface area contributed by atoms with Crippen LogP contribution in [0.4, 0.5) is 16.2 Å². The van der Waals surface area contributed by atoms with E-state index in [2.05, 4.69) is 15.6 Å². The van der Waals surface area contributed by atoms with Crippen molar-refractivity contribution in [2.75, 3.05) is 10.6 Å². The second-order valence-corrected chi connectivity index (χ2v) is 4.80. The Hall–Kier alpha value is -2.69. The standard InChI is InChI=1S/C16H17N3O2/c1-10-4-9-15(11(2)17-10)19-16(21)18-14-7-5-13(6-8-14)12(3)20/h4-9H,1-3H3,(H2,18,19,21). The second kappa shape index (κ2) is 6.17. The Bertz CT molecular complexity index is 678. The molecule has 0 aliphatic heterocycles. The molecule has 0 atom stereocenters. The number of aromatic nitrogens is 1. The number of pyridine rings is 1. The summed E-state index contributed by atoms with van der Waals surface area (Å²) in [6.07, 6.45) is 0. The van der Waals surface area contributed by atoms with Crippen LogP contribution in [-0.4, -0.2) is 16.8 Å². The Labute approximate surface area is 123 Å². The van der Waals surface area contributed by atoms with Crippen LogP contribution < -0.4 is 10.6 Å². The Morgan fingerprint density at radius 1 is 0.952 bits per heavy atom. The van der Waals surface area contributed by atoms with Gasteiger partial charge < -0.3 is 10.6 Å². The van der Waals surface area contributed by atoms with Gasteiger partial charge in [0.05, 0.1) is 11.4 Å². The molecule has 1 aromatic heterocycles. The molecule has 0 spiro atoms. The summed E-state index contributed by atoms with van der Waals surface area (Å²) >= 11 is 0. The Morgan fingerprint density at radius 3 is 2.19 bits per heavy atom. The van der Waals surface area contributed by atoms with Crippen LogP contribution in [0.5, 0.6) is 0 Å². The van der Waals surface area contributed by atoms with Gasteiger partial charge >= 0.3 is 6.03 Å². The molecule has 1 aromatic carbocycles. The number of benzene rings is 1. The fraction of sp³-hybridized carbons (Fsp3) is 0.188. The molecule has 21 heavy (non-hydrogen) atoms. The van der Waals surface area contributed by atoms with Crippen molar-refractivity contribution in [1.29, 1.82) is 0 Å². The van der Waals surface area contributed by atoms with E-state index in [1.54, 1.807) is 24.3 Å². The van der Waals surface area contributed by atoms with Crippen LogP contribution in [-0.2, 0) is 0 Å². The number of amides is 2. The van der Waals surface area contributed by atoms with Gasteiger partial charge in [0.1, 0.15) is 0 Å². The third-order valence-electron chi connectivity index (χ3n) is 3.02. The SMILES string of the molecule is CC(=O)c1ccc(NC(=O)Nc2ccc(C)nc2C)cc1. The van der Waals surface area contributed by atoms with Crippen molar-refractivity contribution >= 4 is 23.2 Å². The molecular weight excluding hydrogens is 266 g/mol. The van der Waals surface area contributed by atoms with Crippen LogP contribution in [0.2, 0.25) is 0 Å². The molecule has 108 valence electrons. The highest BCUT2D eigenvalue weighted by Crippen LogP contribution is 2.14. The quantitative estimate of drug-likeness (QED) is 0.846. The number of hydrogen-bond acceptors (Lipinski definition) is 3. The number of carbonyl (C=O) groups is 2. The molecule has 0 saturated carbocycles. The number of carbonyl (C=O) groups excluding carboxylic acids is 2. The van der Waals surface area contributed by atoms with Crippen LogP contribution in [0.1, 0.15) is 28.7 Å². The summed E-state index contributed by atoms with van der Waals surface area (Å²) in [5.41, 5.74) is 3.56. The van der Waals surface area contributed by atoms with Gasteiger partial charge in [-0.3, -0.25) is 9.78 Å². The molecule has 0 aliphatic carbocycles. The monoisotopic (exact) mass is 283 g/mol. The minimum atomic E-state index is -0.348. The van der Waals surface area contributed by atoms with Crippen molar-refractivity contribution in [3.63, 3.8) is 0 Å². The zero-order valence-electron chi connectivity index (χ0n) is 12.2. The average molecular weight is 283 g/mol. The van der Waals surface area contributed by atoms with Crippen LogP contribution in [0, 0.1) is 13.8 Å². The van der Waals surface area contributed by atoms with Gasteiger partial charge in [0, 0.05) is 16.9 Å². The molecular formula is C16H17N3O2. The van der Waals surface area contributed by atoms with E-state index in [4.69, 9.17) is 0 Å². The maximum atomic E-state index is 11.9. The lowest BCUT2D eigenvalue weighted by Gasteiger charge is -2.10. The third-order valence-corrected chi connectivity index (χ3v) is 3.02. The molecule has 0 unspecified atom stereocenters. The molecule has 0 aliphatic rings. The highest BCUT2D eigenvalue weighted by atomic mass is 16.2. The van der Waals surface area contributed by atoms with Gasteiger partial charge in [-0.25, -0.2) is 4.79 Å². The average Bonchev–Trinajstić information content (AvgIpc) is 2.42. The molecule has 5 heteroatoms. The van der Waals surface area contributed by atoms with Crippen LogP contribution in [0.15, 0.2) is 36.4 Å².